The van der Waals surface area contributed by atoms with Crippen LogP contribution in [0, 0.1) is 6.92 Å². The number of aromatic nitrogens is 2. The molecule has 3 aromatic rings. The van der Waals surface area contributed by atoms with Crippen LogP contribution in [0.3, 0.4) is 0 Å². The van der Waals surface area contributed by atoms with Gasteiger partial charge in [-0.05, 0) is 36.8 Å². The molecule has 1 aromatic heterocycles. The minimum atomic E-state index is -0.185. The van der Waals surface area contributed by atoms with E-state index in [0.717, 1.165) is 11.3 Å². The van der Waals surface area contributed by atoms with Crippen molar-refractivity contribution in [1.82, 2.24) is 9.78 Å². The highest BCUT2D eigenvalue weighted by molar-refractivity contribution is 6.32. The number of carbonyl (C=O) groups is 1. The second kappa shape index (κ2) is 7.40. The third-order valence-corrected chi connectivity index (χ3v) is 3.99. The van der Waals surface area contributed by atoms with Gasteiger partial charge in [-0.2, -0.15) is 5.10 Å². The highest BCUT2D eigenvalue weighted by Crippen LogP contribution is 2.24. The van der Waals surface area contributed by atoms with Gasteiger partial charge in [0.05, 0.1) is 16.4 Å². The second-order valence-electron chi connectivity index (χ2n) is 5.68. The van der Waals surface area contributed by atoms with E-state index in [1.807, 2.05) is 44.3 Å². The molecule has 1 heterocycles. The van der Waals surface area contributed by atoms with Crippen LogP contribution >= 0.6 is 11.6 Å². The van der Waals surface area contributed by atoms with Crippen LogP contribution < -0.4 is 10.1 Å². The average Bonchev–Trinajstić information content (AvgIpc) is 2.91. The van der Waals surface area contributed by atoms with Gasteiger partial charge in [0.25, 0.3) is 5.91 Å². The monoisotopic (exact) mass is 355 g/mol. The number of rotatable bonds is 5. The van der Waals surface area contributed by atoms with Crippen LogP contribution in [0.2, 0.25) is 5.02 Å². The molecule has 0 bridgehead atoms. The minimum absolute atomic E-state index is 0.185. The Bertz CT molecular complexity index is 905. The van der Waals surface area contributed by atoms with Gasteiger partial charge in [-0.25, -0.2) is 0 Å². The summed E-state index contributed by atoms with van der Waals surface area (Å²) in [5, 5.41) is 7.65. The quantitative estimate of drug-likeness (QED) is 0.745. The van der Waals surface area contributed by atoms with Gasteiger partial charge in [0, 0.05) is 18.8 Å². The Kier molecular flexibility index (Phi) is 5.05. The molecule has 128 valence electrons. The molecule has 0 atom stereocenters. The number of hydrogen-bond donors (Lipinski definition) is 1. The lowest BCUT2D eigenvalue weighted by Crippen LogP contribution is -2.12. The van der Waals surface area contributed by atoms with Crippen LogP contribution in [-0.4, -0.2) is 15.7 Å². The Morgan fingerprint density at radius 3 is 2.76 bits per heavy atom. The summed E-state index contributed by atoms with van der Waals surface area (Å²) < 4.78 is 7.39. The summed E-state index contributed by atoms with van der Waals surface area (Å²) in [4.78, 5) is 12.4. The molecule has 0 aliphatic carbocycles. The topological polar surface area (TPSA) is 56.2 Å². The van der Waals surface area contributed by atoms with E-state index in [4.69, 9.17) is 16.3 Å². The number of ether oxygens (including phenoxy) is 1. The zero-order valence-electron chi connectivity index (χ0n) is 14.0. The summed E-state index contributed by atoms with van der Waals surface area (Å²) in [5.74, 6) is 0.431. The van der Waals surface area contributed by atoms with E-state index in [0.29, 0.717) is 28.6 Å². The number of benzene rings is 2. The third-order valence-electron chi connectivity index (χ3n) is 3.68. The summed E-state index contributed by atoms with van der Waals surface area (Å²) >= 11 is 6.08. The van der Waals surface area contributed by atoms with Crippen molar-refractivity contribution in [2.45, 2.75) is 13.5 Å². The van der Waals surface area contributed by atoms with Crippen LogP contribution in [0.1, 0.15) is 21.6 Å². The number of anilines is 1. The van der Waals surface area contributed by atoms with Crippen LogP contribution in [0.25, 0.3) is 0 Å². The molecule has 25 heavy (non-hydrogen) atoms. The molecule has 0 saturated carbocycles. The molecule has 0 radical (unpaired) electrons. The van der Waals surface area contributed by atoms with Crippen LogP contribution in [0.5, 0.6) is 5.75 Å². The first kappa shape index (κ1) is 17.0. The SMILES string of the molecule is Cc1nn(C)cc1NC(=O)c1cccc(COc2ccccc2Cl)c1. The van der Waals surface area contributed by atoms with Gasteiger partial charge in [-0.1, -0.05) is 35.9 Å². The van der Waals surface area contributed by atoms with Crippen molar-refractivity contribution in [3.05, 3.63) is 76.6 Å². The number of aryl methyl sites for hydroxylation is 2. The maximum Gasteiger partial charge on any atom is 0.255 e. The Morgan fingerprint density at radius 1 is 1.24 bits per heavy atom. The Hall–Kier alpha value is -2.79. The fourth-order valence-corrected chi connectivity index (χ4v) is 2.63. The number of carbonyl (C=O) groups excluding carboxylic acids is 1. The molecular weight excluding hydrogens is 338 g/mol. The van der Waals surface area contributed by atoms with E-state index in [1.54, 1.807) is 29.1 Å². The van der Waals surface area contributed by atoms with E-state index in [-0.39, 0.29) is 5.91 Å². The lowest BCUT2D eigenvalue weighted by Gasteiger charge is -2.09. The normalized spacial score (nSPS) is 10.5. The highest BCUT2D eigenvalue weighted by atomic mass is 35.5. The maximum atomic E-state index is 12.4. The van der Waals surface area contributed by atoms with E-state index in [1.165, 1.54) is 0 Å². The number of nitrogens with one attached hydrogen (secondary N) is 1. The van der Waals surface area contributed by atoms with Gasteiger partial charge >= 0.3 is 0 Å². The summed E-state index contributed by atoms with van der Waals surface area (Å²) in [6.45, 7) is 2.18. The number of para-hydroxylation sites is 1. The molecule has 0 unspecified atom stereocenters. The zero-order valence-corrected chi connectivity index (χ0v) is 14.7. The first-order valence-corrected chi connectivity index (χ1v) is 8.18. The zero-order chi connectivity index (χ0) is 17.8. The molecule has 0 aliphatic heterocycles. The number of nitrogens with zero attached hydrogens (tertiary/aromatic N) is 2. The largest absolute Gasteiger partial charge is 0.487 e. The molecule has 0 saturated heterocycles. The lowest BCUT2D eigenvalue weighted by atomic mass is 10.1. The molecule has 3 rings (SSSR count). The predicted molar refractivity (Wildman–Crippen MR) is 98.1 cm³/mol. The van der Waals surface area contributed by atoms with Crippen molar-refractivity contribution >= 4 is 23.2 Å². The van der Waals surface area contributed by atoms with Gasteiger partial charge < -0.3 is 10.1 Å². The smallest absolute Gasteiger partial charge is 0.255 e. The molecule has 0 fully saturated rings. The Labute approximate surface area is 151 Å². The van der Waals surface area contributed by atoms with E-state index < -0.39 is 0 Å². The van der Waals surface area contributed by atoms with E-state index in [9.17, 15) is 4.79 Å². The molecule has 6 heteroatoms. The second-order valence-corrected chi connectivity index (χ2v) is 6.08. The number of hydrogen-bond acceptors (Lipinski definition) is 3. The first-order valence-electron chi connectivity index (χ1n) is 7.81. The number of halogens is 1. The van der Waals surface area contributed by atoms with Gasteiger partial charge in [-0.3, -0.25) is 9.48 Å². The molecule has 5 nitrogen and oxygen atoms in total. The van der Waals surface area contributed by atoms with Crippen LogP contribution in [0.4, 0.5) is 5.69 Å². The van der Waals surface area contributed by atoms with Gasteiger partial charge in [0.15, 0.2) is 0 Å². The fraction of sp³-hybridized carbons (Fsp3) is 0.158. The van der Waals surface area contributed by atoms with Crippen LogP contribution in [-0.2, 0) is 13.7 Å². The van der Waals surface area contributed by atoms with Crippen LogP contribution in [0.15, 0.2) is 54.7 Å². The standard InChI is InChI=1S/C19H18ClN3O2/c1-13-17(11-23(2)22-13)21-19(24)15-7-5-6-14(10-15)12-25-18-9-4-3-8-16(18)20/h3-11H,12H2,1-2H3,(H,21,24). The van der Waals surface area contributed by atoms with Gasteiger partial charge in [0.2, 0.25) is 0 Å². The third kappa shape index (κ3) is 4.19. The van der Waals surface area contributed by atoms with E-state index in [2.05, 4.69) is 10.4 Å². The molecule has 0 aliphatic rings. The van der Waals surface area contributed by atoms with E-state index >= 15 is 0 Å². The van der Waals surface area contributed by atoms with Gasteiger partial charge in [0.1, 0.15) is 12.4 Å². The van der Waals surface area contributed by atoms with Crippen molar-refractivity contribution in [3.8, 4) is 5.75 Å². The average molecular weight is 356 g/mol. The molecule has 2 aromatic carbocycles. The molecule has 1 N–H and O–H groups in total. The summed E-state index contributed by atoms with van der Waals surface area (Å²) in [5.41, 5.74) is 2.92. The molecule has 1 amide bonds. The summed E-state index contributed by atoms with van der Waals surface area (Å²) in [7, 11) is 1.81. The highest BCUT2D eigenvalue weighted by Gasteiger charge is 2.11. The van der Waals surface area contributed by atoms with Crippen molar-refractivity contribution in [2.75, 3.05) is 5.32 Å². The summed E-state index contributed by atoms with van der Waals surface area (Å²) in [6.07, 6.45) is 1.78. The Balaban J connectivity index is 1.69. The molecule has 0 spiro atoms. The van der Waals surface area contributed by atoms with Crippen molar-refractivity contribution in [1.29, 1.82) is 0 Å². The first-order chi connectivity index (χ1) is 12.0. The van der Waals surface area contributed by atoms with Crippen molar-refractivity contribution < 1.29 is 9.53 Å². The summed E-state index contributed by atoms with van der Waals surface area (Å²) in [6, 6.07) is 14.6. The molecular formula is C19H18ClN3O2. The maximum absolute atomic E-state index is 12.4. The van der Waals surface area contributed by atoms with Gasteiger partial charge in [-0.15, -0.1) is 0 Å². The minimum Gasteiger partial charge on any atom is -0.487 e. The van der Waals surface area contributed by atoms with Crippen molar-refractivity contribution in [3.63, 3.8) is 0 Å². The Morgan fingerprint density at radius 2 is 2.04 bits per heavy atom. The predicted octanol–water partition coefficient (Wildman–Crippen LogP) is 4.21. The number of amides is 1. The fourth-order valence-electron chi connectivity index (χ4n) is 2.44. The lowest BCUT2D eigenvalue weighted by molar-refractivity contribution is 0.102. The van der Waals surface area contributed by atoms with Crippen molar-refractivity contribution in [2.24, 2.45) is 7.05 Å².